The van der Waals surface area contributed by atoms with Gasteiger partial charge in [0, 0.05) is 0 Å². The van der Waals surface area contributed by atoms with Crippen molar-refractivity contribution in [3.05, 3.63) is 64.7 Å². The number of amides is 3. The fourth-order valence-corrected chi connectivity index (χ4v) is 2.34. The van der Waals surface area contributed by atoms with Crippen molar-refractivity contribution < 1.29 is 29.0 Å². The maximum absolute atomic E-state index is 11.7. The van der Waals surface area contributed by atoms with E-state index in [2.05, 4.69) is 0 Å². The summed E-state index contributed by atoms with van der Waals surface area (Å²) in [5.41, 5.74) is 5.83. The number of nitriles is 1. The van der Waals surface area contributed by atoms with Gasteiger partial charge < -0.3 is 20.3 Å². The molecule has 0 saturated carbocycles. The van der Waals surface area contributed by atoms with Gasteiger partial charge in [-0.3, -0.25) is 10.1 Å². The van der Waals surface area contributed by atoms with E-state index >= 15 is 0 Å². The van der Waals surface area contributed by atoms with Crippen LogP contribution >= 0.6 is 0 Å². The first-order valence-corrected chi connectivity index (χ1v) is 8.19. The van der Waals surface area contributed by atoms with Crippen LogP contribution in [0.15, 0.2) is 48.0 Å². The van der Waals surface area contributed by atoms with Gasteiger partial charge in [-0.1, -0.05) is 18.2 Å². The van der Waals surface area contributed by atoms with E-state index in [1.165, 1.54) is 31.4 Å². The lowest BCUT2D eigenvalue weighted by atomic mass is 10.1. The molecule has 0 saturated heterocycles. The quantitative estimate of drug-likeness (QED) is 0.479. The number of primary amides is 1. The van der Waals surface area contributed by atoms with Crippen LogP contribution < -0.4 is 20.5 Å². The molecule has 9 nitrogen and oxygen atoms in total. The number of hydrogen-bond donors (Lipinski definition) is 3. The first kappa shape index (κ1) is 21.0. The second-order valence-electron chi connectivity index (χ2n) is 5.69. The largest absolute Gasteiger partial charge is 0.493 e. The van der Waals surface area contributed by atoms with Crippen molar-refractivity contribution in [3.8, 4) is 17.6 Å². The van der Waals surface area contributed by atoms with Crippen LogP contribution in [-0.4, -0.2) is 30.1 Å². The summed E-state index contributed by atoms with van der Waals surface area (Å²) in [5.74, 6) is -1.24. The third kappa shape index (κ3) is 5.83. The number of carbonyl (C=O) groups excluding carboxylic acids is 2. The highest BCUT2D eigenvalue weighted by molar-refractivity contribution is 6.08. The predicted molar refractivity (Wildman–Crippen MR) is 102 cm³/mol. The average Bonchev–Trinajstić information content (AvgIpc) is 2.70. The zero-order valence-corrected chi connectivity index (χ0v) is 15.3. The minimum atomic E-state index is -1.07. The van der Waals surface area contributed by atoms with Gasteiger partial charge in [-0.15, -0.1) is 0 Å². The Balaban J connectivity index is 2.20. The molecule has 4 N–H and O–H groups in total. The Kier molecular flexibility index (Phi) is 6.92. The standard InChI is InChI=1S/C20H17N3O6/c1-28-17-9-12(7-15(10-21)18(24)23-20(22)27)5-6-16(17)29-11-13-3-2-4-14(8-13)19(25)26/h2-9H,11H2,1H3,(H,25,26)(H3,22,23,24,27)/b15-7-. The molecule has 148 valence electrons. The van der Waals surface area contributed by atoms with Gasteiger partial charge in [0.05, 0.1) is 12.7 Å². The zero-order chi connectivity index (χ0) is 21.4. The molecule has 0 bridgehead atoms. The van der Waals surface area contributed by atoms with E-state index in [0.29, 0.717) is 22.6 Å². The highest BCUT2D eigenvalue weighted by Crippen LogP contribution is 2.29. The molecule has 2 rings (SSSR count). The number of carbonyl (C=O) groups is 3. The number of ether oxygens (including phenoxy) is 2. The van der Waals surface area contributed by atoms with E-state index < -0.39 is 17.9 Å². The molecular formula is C20H17N3O6. The molecule has 0 radical (unpaired) electrons. The predicted octanol–water partition coefficient (Wildman–Crippen LogP) is 2.07. The maximum Gasteiger partial charge on any atom is 0.335 e. The highest BCUT2D eigenvalue weighted by Gasteiger charge is 2.12. The Morgan fingerprint density at radius 1 is 1.21 bits per heavy atom. The van der Waals surface area contributed by atoms with E-state index in [4.69, 9.17) is 25.6 Å². The monoisotopic (exact) mass is 395 g/mol. The fourth-order valence-electron chi connectivity index (χ4n) is 2.34. The van der Waals surface area contributed by atoms with Gasteiger partial charge in [0.15, 0.2) is 11.5 Å². The lowest BCUT2D eigenvalue weighted by Crippen LogP contribution is -2.35. The Labute approximate surface area is 166 Å². The smallest absolute Gasteiger partial charge is 0.335 e. The van der Waals surface area contributed by atoms with E-state index in [9.17, 15) is 14.4 Å². The van der Waals surface area contributed by atoms with Crippen molar-refractivity contribution in [1.82, 2.24) is 5.32 Å². The molecule has 2 aromatic carbocycles. The first-order chi connectivity index (χ1) is 13.8. The number of methoxy groups -OCH3 is 1. The molecule has 0 atom stereocenters. The molecule has 0 aliphatic carbocycles. The summed E-state index contributed by atoms with van der Waals surface area (Å²) < 4.78 is 11.0. The summed E-state index contributed by atoms with van der Waals surface area (Å²) >= 11 is 0. The number of nitrogens with zero attached hydrogens (tertiary/aromatic N) is 1. The van der Waals surface area contributed by atoms with Gasteiger partial charge in [-0.05, 0) is 41.5 Å². The van der Waals surface area contributed by atoms with Gasteiger partial charge in [0.2, 0.25) is 0 Å². The van der Waals surface area contributed by atoms with Gasteiger partial charge in [-0.2, -0.15) is 5.26 Å². The van der Waals surface area contributed by atoms with Gasteiger partial charge in [-0.25, -0.2) is 9.59 Å². The summed E-state index contributed by atoms with van der Waals surface area (Å²) in [6, 6.07) is 11.7. The fraction of sp³-hybridized carbons (Fsp3) is 0.100. The van der Waals surface area contributed by atoms with Crippen molar-refractivity contribution in [3.63, 3.8) is 0 Å². The van der Waals surface area contributed by atoms with Crippen LogP contribution in [0.1, 0.15) is 21.5 Å². The molecule has 0 aliphatic rings. The zero-order valence-electron chi connectivity index (χ0n) is 15.3. The third-order valence-corrected chi connectivity index (χ3v) is 3.67. The second-order valence-corrected chi connectivity index (χ2v) is 5.69. The topological polar surface area (TPSA) is 152 Å². The van der Waals surface area contributed by atoms with Crippen molar-refractivity contribution in [1.29, 1.82) is 5.26 Å². The van der Waals surface area contributed by atoms with Gasteiger partial charge in [0.25, 0.3) is 5.91 Å². The molecule has 9 heteroatoms. The molecule has 0 fully saturated rings. The van der Waals surface area contributed by atoms with E-state index in [-0.39, 0.29) is 17.7 Å². The molecule has 0 aromatic heterocycles. The number of urea groups is 1. The Morgan fingerprint density at radius 3 is 2.59 bits per heavy atom. The van der Waals surface area contributed by atoms with Gasteiger partial charge in [0.1, 0.15) is 18.2 Å². The van der Waals surface area contributed by atoms with E-state index in [0.717, 1.165) is 0 Å². The Hall–Kier alpha value is -4.32. The summed E-state index contributed by atoms with van der Waals surface area (Å²) in [6.07, 6.45) is 1.26. The van der Waals surface area contributed by atoms with E-state index in [1.807, 2.05) is 5.32 Å². The summed E-state index contributed by atoms with van der Waals surface area (Å²) in [5, 5.41) is 20.0. The minimum Gasteiger partial charge on any atom is -0.493 e. The molecular weight excluding hydrogens is 378 g/mol. The first-order valence-electron chi connectivity index (χ1n) is 8.19. The Morgan fingerprint density at radius 2 is 1.97 bits per heavy atom. The maximum atomic E-state index is 11.7. The van der Waals surface area contributed by atoms with Crippen LogP contribution in [0.2, 0.25) is 0 Å². The number of aromatic carboxylic acids is 1. The minimum absolute atomic E-state index is 0.108. The summed E-state index contributed by atoms with van der Waals surface area (Å²) in [4.78, 5) is 33.5. The number of benzene rings is 2. The third-order valence-electron chi connectivity index (χ3n) is 3.67. The molecule has 3 amide bonds. The molecule has 0 aliphatic heterocycles. The van der Waals surface area contributed by atoms with Crippen molar-refractivity contribution in [2.75, 3.05) is 7.11 Å². The van der Waals surface area contributed by atoms with Gasteiger partial charge >= 0.3 is 12.0 Å². The van der Waals surface area contributed by atoms with Crippen LogP contribution in [0.5, 0.6) is 11.5 Å². The Bertz CT molecular complexity index is 1020. The average molecular weight is 395 g/mol. The molecule has 2 aromatic rings. The van der Waals surface area contributed by atoms with Crippen molar-refractivity contribution in [2.24, 2.45) is 5.73 Å². The van der Waals surface area contributed by atoms with E-state index in [1.54, 1.807) is 30.3 Å². The van der Waals surface area contributed by atoms with Crippen LogP contribution in [-0.2, 0) is 11.4 Å². The van der Waals surface area contributed by atoms with Crippen LogP contribution in [0, 0.1) is 11.3 Å². The van der Waals surface area contributed by atoms with Crippen LogP contribution in [0.25, 0.3) is 6.08 Å². The number of carboxylic acid groups (broad SMARTS) is 1. The van der Waals surface area contributed by atoms with Crippen LogP contribution in [0.4, 0.5) is 4.79 Å². The number of imide groups is 1. The van der Waals surface area contributed by atoms with Crippen molar-refractivity contribution >= 4 is 24.0 Å². The normalized spacial score (nSPS) is 10.6. The summed E-state index contributed by atoms with van der Waals surface area (Å²) in [7, 11) is 1.42. The number of nitrogens with two attached hydrogens (primary N) is 1. The summed E-state index contributed by atoms with van der Waals surface area (Å²) in [6.45, 7) is 0.108. The van der Waals surface area contributed by atoms with Crippen LogP contribution in [0.3, 0.4) is 0 Å². The second kappa shape index (κ2) is 9.57. The van der Waals surface area contributed by atoms with Crippen molar-refractivity contribution in [2.45, 2.75) is 6.61 Å². The molecule has 0 heterocycles. The number of nitrogens with one attached hydrogen (secondary N) is 1. The number of carboxylic acids is 1. The number of hydrogen-bond acceptors (Lipinski definition) is 6. The lowest BCUT2D eigenvalue weighted by molar-refractivity contribution is -0.115. The molecule has 0 unspecified atom stereocenters. The molecule has 29 heavy (non-hydrogen) atoms. The SMILES string of the molecule is COc1cc(/C=C(/C#N)C(=O)NC(N)=O)ccc1OCc1cccc(C(=O)O)c1. The highest BCUT2D eigenvalue weighted by atomic mass is 16.5. The number of rotatable bonds is 7. The molecule has 0 spiro atoms. The lowest BCUT2D eigenvalue weighted by Gasteiger charge is -2.12.